The number of hydrogen-bond donors (Lipinski definition) is 0. The van der Waals surface area contributed by atoms with Gasteiger partial charge in [0.1, 0.15) is 24.6 Å². The molecule has 238 valence electrons. The lowest BCUT2D eigenvalue weighted by atomic mass is 10.0. The Morgan fingerprint density at radius 1 is 0.689 bits per heavy atom. The van der Waals surface area contributed by atoms with Crippen LogP contribution in [-0.4, -0.2) is 70.3 Å². The van der Waals surface area contributed by atoms with Crippen molar-refractivity contribution in [3.05, 3.63) is 131 Å². The van der Waals surface area contributed by atoms with E-state index in [1.165, 1.54) is 20.1 Å². The highest BCUT2D eigenvalue weighted by Gasteiger charge is 2.23. The molecule has 8 nitrogen and oxygen atoms in total. The van der Waals surface area contributed by atoms with Gasteiger partial charge in [0.2, 0.25) is 6.29 Å². The van der Waals surface area contributed by atoms with Gasteiger partial charge in [0.25, 0.3) is 0 Å². The monoisotopic (exact) mass is 677 g/mol. The average Bonchev–Trinajstić information content (AvgIpc) is 3.04. The Bertz CT molecular complexity index is 1480. The van der Waals surface area contributed by atoms with Gasteiger partial charge in [-0.25, -0.2) is 0 Å². The number of nitrogens with zero attached hydrogens (tertiary/aromatic N) is 1. The quantitative estimate of drug-likeness (QED) is 0.0749. The van der Waals surface area contributed by atoms with Crippen LogP contribution in [0, 0.1) is 0 Å². The van der Waals surface area contributed by atoms with Crippen LogP contribution in [0.5, 0.6) is 11.5 Å². The zero-order valence-electron chi connectivity index (χ0n) is 26.5. The van der Waals surface area contributed by atoms with Gasteiger partial charge in [-0.3, -0.25) is 14.4 Å². The van der Waals surface area contributed by atoms with Crippen molar-refractivity contribution in [3.63, 3.8) is 0 Å². The first-order valence-electron chi connectivity index (χ1n) is 14.1. The number of rotatable bonds is 12. The lowest BCUT2D eigenvalue weighted by Gasteiger charge is -2.32. The molecule has 45 heavy (non-hydrogen) atoms. The molecule has 0 unspecified atom stereocenters. The molecule has 0 heterocycles. The van der Waals surface area contributed by atoms with Crippen molar-refractivity contribution in [1.29, 1.82) is 0 Å². The second-order valence-electron chi connectivity index (χ2n) is 10.7. The summed E-state index contributed by atoms with van der Waals surface area (Å²) in [6, 6.07) is 30.8. The number of quaternary nitrogens is 1. The predicted octanol–water partition coefficient (Wildman–Crippen LogP) is 2.97. The Morgan fingerprint density at radius 2 is 1.20 bits per heavy atom. The Morgan fingerprint density at radius 3 is 1.67 bits per heavy atom. The number of ketones is 2. The van der Waals surface area contributed by atoms with Gasteiger partial charge in [-0.2, -0.15) is 0 Å². The zero-order chi connectivity index (χ0) is 32.1. The first-order valence-corrected chi connectivity index (χ1v) is 14.1. The highest BCUT2D eigenvalue weighted by molar-refractivity contribution is 6.11. The third-order valence-corrected chi connectivity index (χ3v) is 6.75. The normalized spacial score (nSPS) is 10.6. The van der Waals surface area contributed by atoms with Gasteiger partial charge in [-0.05, 0) is 12.1 Å². The topological polar surface area (TPSA) is 88.1 Å². The van der Waals surface area contributed by atoms with Crippen LogP contribution in [-0.2, 0) is 20.8 Å². The van der Waals surface area contributed by atoms with Crippen molar-refractivity contribution in [1.82, 2.24) is 0 Å². The van der Waals surface area contributed by atoms with Crippen LogP contribution in [0.3, 0.4) is 0 Å². The molecule has 0 aliphatic rings. The summed E-state index contributed by atoms with van der Waals surface area (Å²) in [6.45, 7) is 2.73. The lowest BCUT2D eigenvalue weighted by Crippen LogP contribution is -3.00. The van der Waals surface area contributed by atoms with Gasteiger partial charge >= 0.3 is 5.97 Å². The van der Waals surface area contributed by atoms with E-state index in [0.29, 0.717) is 27.9 Å². The molecule has 0 aromatic heterocycles. The van der Waals surface area contributed by atoms with E-state index in [1.807, 2.05) is 72.8 Å². The third-order valence-electron chi connectivity index (χ3n) is 6.75. The second kappa shape index (κ2) is 18.0. The van der Waals surface area contributed by atoms with Crippen LogP contribution < -0.4 is 26.5 Å². The molecule has 0 saturated heterocycles. The van der Waals surface area contributed by atoms with E-state index in [4.69, 9.17) is 18.9 Å². The van der Waals surface area contributed by atoms with Gasteiger partial charge in [-0.15, -0.1) is 0 Å². The van der Waals surface area contributed by atoms with Gasteiger partial charge in [0, 0.05) is 49.5 Å². The summed E-state index contributed by atoms with van der Waals surface area (Å²) in [5, 5.41) is 0. The van der Waals surface area contributed by atoms with Crippen molar-refractivity contribution in [2.24, 2.45) is 0 Å². The molecule has 0 aliphatic heterocycles. The summed E-state index contributed by atoms with van der Waals surface area (Å²) < 4.78 is 21.6. The number of methoxy groups -OCH3 is 3. The summed E-state index contributed by atoms with van der Waals surface area (Å²) in [5.74, 6) is 0.0276. The molecule has 0 fully saturated rings. The molecule has 0 radical (unpaired) electrons. The molecule has 4 aromatic carbocycles. The highest BCUT2D eigenvalue weighted by atomic mass is 79.9. The van der Waals surface area contributed by atoms with Crippen LogP contribution in [0.2, 0.25) is 0 Å². The van der Waals surface area contributed by atoms with Crippen LogP contribution in [0.4, 0.5) is 0 Å². The van der Waals surface area contributed by atoms with Crippen LogP contribution >= 0.6 is 0 Å². The SMILES string of the molecule is COc1ccc(C(=O)c2ccc(C[N+](C)(C)CC(OC)OC)cc2)c(OC(C)=O)c1.O=C(c1ccccc1)c1ccccc1.[Br-]. The summed E-state index contributed by atoms with van der Waals surface area (Å²) in [7, 11) is 8.93. The molecule has 0 aliphatic carbocycles. The van der Waals surface area contributed by atoms with Crippen LogP contribution in [0.15, 0.2) is 103 Å². The maximum atomic E-state index is 13.0. The average molecular weight is 679 g/mol. The fourth-order valence-corrected chi connectivity index (χ4v) is 4.53. The van der Waals surface area contributed by atoms with E-state index >= 15 is 0 Å². The van der Waals surface area contributed by atoms with E-state index < -0.39 is 5.97 Å². The maximum Gasteiger partial charge on any atom is 0.308 e. The predicted molar refractivity (Wildman–Crippen MR) is 169 cm³/mol. The number of hydrogen-bond acceptors (Lipinski definition) is 7. The number of benzene rings is 4. The molecule has 0 amide bonds. The largest absolute Gasteiger partial charge is 1.00 e. The molecule has 0 N–H and O–H groups in total. The van der Waals surface area contributed by atoms with E-state index in [9.17, 15) is 14.4 Å². The van der Waals surface area contributed by atoms with Crippen molar-refractivity contribution in [2.45, 2.75) is 19.8 Å². The molecular weight excluding hydrogens is 638 g/mol. The molecule has 0 bridgehead atoms. The Kier molecular flexibility index (Phi) is 14.8. The Hall–Kier alpha value is -4.15. The lowest BCUT2D eigenvalue weighted by molar-refractivity contribution is -0.909. The summed E-state index contributed by atoms with van der Waals surface area (Å²) in [6.07, 6.45) is -0.282. The molecule has 9 heteroatoms. The highest BCUT2D eigenvalue weighted by Crippen LogP contribution is 2.27. The minimum Gasteiger partial charge on any atom is -1.00 e. The number of halogens is 1. The second-order valence-corrected chi connectivity index (χ2v) is 10.7. The third kappa shape index (κ3) is 11.4. The van der Waals surface area contributed by atoms with Gasteiger partial charge in [0.05, 0.1) is 26.8 Å². The Labute approximate surface area is 275 Å². The molecule has 0 saturated carbocycles. The molecule has 4 rings (SSSR count). The minimum atomic E-state index is -0.502. The zero-order valence-corrected chi connectivity index (χ0v) is 28.1. The molecule has 4 aromatic rings. The maximum absolute atomic E-state index is 13.0. The summed E-state index contributed by atoms with van der Waals surface area (Å²) >= 11 is 0. The van der Waals surface area contributed by atoms with Crippen molar-refractivity contribution < 1.29 is 54.8 Å². The molecular formula is C36H40BrNO7. The van der Waals surface area contributed by atoms with Gasteiger partial charge in [-0.1, -0.05) is 84.9 Å². The van der Waals surface area contributed by atoms with Gasteiger partial charge in [0.15, 0.2) is 11.6 Å². The molecule has 0 atom stereocenters. The first-order chi connectivity index (χ1) is 21.1. The number of carbonyl (C=O) groups excluding carboxylic acids is 3. The standard InChI is InChI=1S/C23H30NO6.C13H10O.BrH/c1-16(25)30-21-13-19(27-4)11-12-20(21)23(26)18-9-7-17(8-10-18)14-24(2,3)15-22(28-5)29-6;14-13(11-7-3-1-4-8-11)12-9-5-2-6-10-12;/h7-13,22H,14-15H2,1-6H3;1-10H;1H/q+1;;/p-1. The van der Waals surface area contributed by atoms with E-state index in [-0.39, 0.29) is 40.6 Å². The first kappa shape index (κ1) is 37.0. The number of carbonyl (C=O) groups is 3. The number of likely N-dealkylation sites (N-methyl/N-ethyl adjacent to an activating group) is 1. The van der Waals surface area contributed by atoms with E-state index in [0.717, 1.165) is 23.2 Å². The van der Waals surface area contributed by atoms with Crippen LogP contribution in [0.25, 0.3) is 0 Å². The molecule has 0 spiro atoms. The van der Waals surface area contributed by atoms with Crippen LogP contribution in [0.1, 0.15) is 44.3 Å². The number of ether oxygens (including phenoxy) is 4. The van der Waals surface area contributed by atoms with Crippen molar-refractivity contribution in [2.75, 3.05) is 42.0 Å². The smallest absolute Gasteiger partial charge is 0.308 e. The minimum absolute atomic E-state index is 0. The van der Waals surface area contributed by atoms with Crippen molar-refractivity contribution in [3.8, 4) is 11.5 Å². The summed E-state index contributed by atoms with van der Waals surface area (Å²) in [5.41, 5.74) is 3.36. The van der Waals surface area contributed by atoms with Gasteiger partial charge < -0.3 is 40.4 Å². The Balaban J connectivity index is 0.000000391. The van der Waals surface area contributed by atoms with E-state index in [1.54, 1.807) is 38.5 Å². The van der Waals surface area contributed by atoms with Crippen molar-refractivity contribution >= 4 is 17.5 Å². The summed E-state index contributed by atoms with van der Waals surface area (Å²) in [4.78, 5) is 36.3. The van der Waals surface area contributed by atoms with E-state index in [2.05, 4.69) is 14.1 Å². The fourth-order valence-electron chi connectivity index (χ4n) is 4.53. The fraction of sp³-hybridized carbons (Fsp3) is 0.250. The number of esters is 1.